The molecule has 0 amide bonds. The van der Waals surface area contributed by atoms with E-state index in [1.807, 2.05) is 0 Å². The predicted molar refractivity (Wildman–Crippen MR) is 74.3 cm³/mol. The molecule has 1 unspecified atom stereocenters. The summed E-state index contributed by atoms with van der Waals surface area (Å²) in [5.74, 6) is -0.821. The Bertz CT molecular complexity index is 737. The van der Waals surface area contributed by atoms with Gasteiger partial charge in [0.05, 0.1) is 6.04 Å². The largest absolute Gasteiger partial charge is 0.265 e. The van der Waals surface area contributed by atoms with Gasteiger partial charge in [-0.1, -0.05) is 0 Å². The van der Waals surface area contributed by atoms with Crippen LogP contribution in [0.2, 0.25) is 0 Å². The Morgan fingerprint density at radius 3 is 2.67 bits per heavy atom. The van der Waals surface area contributed by atoms with Crippen molar-refractivity contribution in [1.82, 2.24) is 14.3 Å². The molecule has 0 spiro atoms. The molecule has 1 aliphatic heterocycles. The second kappa shape index (κ2) is 5.50. The predicted octanol–water partition coefficient (Wildman–Crippen LogP) is 2.14. The first-order valence-corrected chi connectivity index (χ1v) is 8.07. The van der Waals surface area contributed by atoms with Crippen LogP contribution in [0.4, 0.5) is 4.39 Å². The summed E-state index contributed by atoms with van der Waals surface area (Å²) in [6, 6.07) is 5.76. The number of sulfonamides is 1. The van der Waals surface area contributed by atoms with Crippen molar-refractivity contribution >= 4 is 10.0 Å². The quantitative estimate of drug-likeness (QED) is 0.871. The van der Waals surface area contributed by atoms with E-state index in [1.54, 1.807) is 24.5 Å². The summed E-state index contributed by atoms with van der Waals surface area (Å²) in [6.07, 6.45) is 5.98. The number of hydrogen-bond acceptors (Lipinski definition) is 4. The minimum absolute atomic E-state index is 0.292. The molecular weight excluding hydrogens is 293 g/mol. The maximum Gasteiger partial charge on any atom is 0.264 e. The molecule has 0 N–H and O–H groups in total. The topological polar surface area (TPSA) is 63.2 Å². The molecule has 21 heavy (non-hydrogen) atoms. The molecule has 2 aromatic heterocycles. The van der Waals surface area contributed by atoms with Gasteiger partial charge in [0.25, 0.3) is 10.0 Å². The lowest BCUT2D eigenvalue weighted by molar-refractivity contribution is 0.390. The average Bonchev–Trinajstić information content (AvgIpc) is 2.99. The molecular formula is C14H14FN3O2S. The van der Waals surface area contributed by atoms with Crippen LogP contribution in [0, 0.1) is 5.82 Å². The van der Waals surface area contributed by atoms with Gasteiger partial charge in [-0.25, -0.2) is 17.8 Å². The Hall–Kier alpha value is -1.86. The van der Waals surface area contributed by atoms with Gasteiger partial charge in [-0.2, -0.15) is 4.31 Å². The Balaban J connectivity index is 2.01. The molecule has 7 heteroatoms. The third-order valence-electron chi connectivity index (χ3n) is 3.57. The zero-order valence-electron chi connectivity index (χ0n) is 11.2. The van der Waals surface area contributed by atoms with Crippen molar-refractivity contribution in [3.8, 4) is 0 Å². The van der Waals surface area contributed by atoms with Gasteiger partial charge in [-0.05, 0) is 42.7 Å². The molecule has 1 atom stereocenters. The molecule has 1 fully saturated rings. The number of aromatic nitrogens is 2. The van der Waals surface area contributed by atoms with Gasteiger partial charge < -0.3 is 0 Å². The van der Waals surface area contributed by atoms with Gasteiger partial charge in [-0.15, -0.1) is 0 Å². The number of hydrogen-bond donors (Lipinski definition) is 0. The van der Waals surface area contributed by atoms with E-state index in [1.165, 1.54) is 16.6 Å². The highest BCUT2D eigenvalue weighted by Crippen LogP contribution is 2.36. The van der Waals surface area contributed by atoms with Gasteiger partial charge in [0.1, 0.15) is 0 Å². The van der Waals surface area contributed by atoms with Gasteiger partial charge in [-0.3, -0.25) is 4.98 Å². The fourth-order valence-corrected chi connectivity index (χ4v) is 4.28. The van der Waals surface area contributed by atoms with Crippen LogP contribution < -0.4 is 0 Å². The summed E-state index contributed by atoms with van der Waals surface area (Å²) in [4.78, 5) is 7.64. The van der Waals surface area contributed by atoms with Gasteiger partial charge in [0.15, 0.2) is 5.82 Å². The number of halogens is 1. The van der Waals surface area contributed by atoms with Crippen LogP contribution in [-0.2, 0) is 10.0 Å². The van der Waals surface area contributed by atoms with E-state index in [0.717, 1.165) is 18.1 Å². The zero-order valence-corrected chi connectivity index (χ0v) is 12.0. The summed E-state index contributed by atoms with van der Waals surface area (Å²) in [7, 11) is -3.94. The second-order valence-electron chi connectivity index (χ2n) is 4.84. The normalized spacial score (nSPS) is 19.8. The molecule has 110 valence electrons. The van der Waals surface area contributed by atoms with Crippen molar-refractivity contribution in [2.45, 2.75) is 23.9 Å². The van der Waals surface area contributed by atoms with Crippen molar-refractivity contribution in [3.63, 3.8) is 0 Å². The number of nitrogens with zero attached hydrogens (tertiary/aromatic N) is 3. The van der Waals surface area contributed by atoms with Crippen molar-refractivity contribution in [2.75, 3.05) is 6.54 Å². The first kappa shape index (κ1) is 14.1. The third-order valence-corrected chi connectivity index (χ3v) is 5.42. The molecule has 0 saturated carbocycles. The molecule has 2 aromatic rings. The van der Waals surface area contributed by atoms with Gasteiger partial charge >= 0.3 is 0 Å². The van der Waals surface area contributed by atoms with E-state index in [-0.39, 0.29) is 6.04 Å². The van der Waals surface area contributed by atoms with Crippen LogP contribution in [0.1, 0.15) is 24.4 Å². The molecule has 1 saturated heterocycles. The summed E-state index contributed by atoms with van der Waals surface area (Å²) >= 11 is 0. The van der Waals surface area contributed by atoms with Crippen molar-refractivity contribution in [2.24, 2.45) is 0 Å². The van der Waals surface area contributed by atoms with Crippen molar-refractivity contribution in [3.05, 3.63) is 54.2 Å². The molecule has 5 nitrogen and oxygen atoms in total. The Morgan fingerprint density at radius 1 is 1.19 bits per heavy atom. The lowest BCUT2D eigenvalue weighted by atomic mass is 10.1. The number of pyridine rings is 2. The van der Waals surface area contributed by atoms with Crippen LogP contribution in [0.3, 0.4) is 0 Å². The van der Waals surface area contributed by atoms with Crippen LogP contribution in [0.5, 0.6) is 0 Å². The van der Waals surface area contributed by atoms with E-state index in [9.17, 15) is 12.8 Å². The van der Waals surface area contributed by atoms with Crippen molar-refractivity contribution < 1.29 is 12.8 Å². The smallest absolute Gasteiger partial charge is 0.264 e. The fraction of sp³-hybridized carbons (Fsp3) is 0.286. The third kappa shape index (κ3) is 2.54. The highest BCUT2D eigenvalue weighted by Gasteiger charge is 2.38. The first-order chi connectivity index (χ1) is 10.1. The standard InChI is InChI=1S/C14H14FN3O2S/c15-12-3-1-7-17-14(12)21(19,20)18-10-2-4-13(18)11-5-8-16-9-6-11/h1,3,5-9,13H,2,4,10H2. The highest BCUT2D eigenvalue weighted by molar-refractivity contribution is 7.89. The van der Waals surface area contributed by atoms with Crippen LogP contribution in [0.15, 0.2) is 47.9 Å². The Morgan fingerprint density at radius 2 is 1.95 bits per heavy atom. The van der Waals surface area contributed by atoms with Crippen LogP contribution in [-0.4, -0.2) is 29.2 Å². The molecule has 0 bridgehead atoms. The van der Waals surface area contributed by atoms with Crippen molar-refractivity contribution in [1.29, 1.82) is 0 Å². The Labute approximate surface area is 122 Å². The lowest BCUT2D eigenvalue weighted by Gasteiger charge is -2.23. The minimum Gasteiger partial charge on any atom is -0.265 e. The second-order valence-corrected chi connectivity index (χ2v) is 6.65. The fourth-order valence-electron chi connectivity index (χ4n) is 2.62. The lowest BCUT2D eigenvalue weighted by Crippen LogP contribution is -2.32. The summed E-state index contributed by atoms with van der Waals surface area (Å²) < 4.78 is 40.4. The zero-order chi connectivity index (χ0) is 14.9. The van der Waals surface area contributed by atoms with Crippen LogP contribution >= 0.6 is 0 Å². The maximum absolute atomic E-state index is 13.8. The first-order valence-electron chi connectivity index (χ1n) is 6.63. The monoisotopic (exact) mass is 307 g/mol. The maximum atomic E-state index is 13.8. The molecule has 0 aliphatic carbocycles. The summed E-state index contributed by atoms with van der Waals surface area (Å²) in [5, 5.41) is -0.508. The van der Waals surface area contributed by atoms with E-state index >= 15 is 0 Å². The summed E-state index contributed by atoms with van der Waals surface area (Å²) in [5.41, 5.74) is 0.863. The van der Waals surface area contributed by atoms with E-state index in [2.05, 4.69) is 9.97 Å². The van der Waals surface area contributed by atoms with E-state index in [4.69, 9.17) is 0 Å². The molecule has 0 radical (unpaired) electrons. The highest BCUT2D eigenvalue weighted by atomic mass is 32.2. The SMILES string of the molecule is O=S(=O)(c1ncccc1F)N1CCCC1c1ccncc1. The number of rotatable bonds is 3. The molecule has 3 rings (SSSR count). The van der Waals surface area contributed by atoms with Gasteiger partial charge in [0, 0.05) is 25.1 Å². The van der Waals surface area contributed by atoms with E-state index in [0.29, 0.717) is 13.0 Å². The minimum atomic E-state index is -3.94. The van der Waals surface area contributed by atoms with E-state index < -0.39 is 20.9 Å². The Kier molecular flexibility index (Phi) is 3.69. The van der Waals surface area contributed by atoms with Crippen LogP contribution in [0.25, 0.3) is 0 Å². The summed E-state index contributed by atoms with van der Waals surface area (Å²) in [6.45, 7) is 0.366. The molecule has 3 heterocycles. The average molecular weight is 307 g/mol. The molecule has 0 aromatic carbocycles. The van der Waals surface area contributed by atoms with Gasteiger partial charge in [0.2, 0.25) is 5.03 Å². The molecule has 1 aliphatic rings.